The number of amides is 2. The number of carbonyl (C=O) groups excluding carboxylic acids is 2. The molecule has 1 N–H and O–H groups in total. The highest BCUT2D eigenvalue weighted by atomic mass is 35.5. The van der Waals surface area contributed by atoms with Gasteiger partial charge in [0, 0.05) is 17.6 Å². The van der Waals surface area contributed by atoms with Gasteiger partial charge in [-0.3, -0.25) is 9.59 Å². The van der Waals surface area contributed by atoms with Crippen LogP contribution in [0.15, 0.2) is 77.4 Å². The predicted octanol–water partition coefficient (Wildman–Crippen LogP) is 5.38. The fourth-order valence-electron chi connectivity index (χ4n) is 4.09. The topological polar surface area (TPSA) is 62.6 Å². The first-order chi connectivity index (χ1) is 15.1. The predicted molar refractivity (Wildman–Crippen MR) is 120 cm³/mol. The van der Waals surface area contributed by atoms with Crippen LogP contribution in [-0.4, -0.2) is 22.8 Å². The van der Waals surface area contributed by atoms with Gasteiger partial charge in [-0.15, -0.1) is 0 Å². The molecule has 1 heterocycles. The monoisotopic (exact) mass is 436 g/mol. The molecule has 1 aromatic heterocycles. The molecule has 160 valence electrons. The molecule has 0 bridgehead atoms. The molecule has 1 aliphatic carbocycles. The number of halogens is 1. The van der Waals surface area contributed by atoms with Crippen LogP contribution in [0.5, 0.6) is 0 Å². The molecule has 0 spiro atoms. The standard InChI is InChI=1S/C25H25ClN2O3/c26-21-14-7-4-11-19(21)17-28(25(30)22-15-8-16-31-22)23(18-9-2-1-3-10-18)24(29)27-20-12-5-6-13-20/h1-4,7-11,14-16,20,23H,5-6,12-13,17H2,(H,27,29)/t23-/m0/s1. The van der Waals surface area contributed by atoms with E-state index < -0.39 is 6.04 Å². The van der Waals surface area contributed by atoms with Gasteiger partial charge >= 0.3 is 0 Å². The molecular formula is C25H25ClN2O3. The van der Waals surface area contributed by atoms with Crippen molar-refractivity contribution < 1.29 is 14.0 Å². The summed E-state index contributed by atoms with van der Waals surface area (Å²) in [6.45, 7) is 0.177. The summed E-state index contributed by atoms with van der Waals surface area (Å²) in [7, 11) is 0. The fraction of sp³-hybridized carbons (Fsp3) is 0.280. The first-order valence-corrected chi connectivity index (χ1v) is 10.9. The first-order valence-electron chi connectivity index (χ1n) is 10.6. The highest BCUT2D eigenvalue weighted by Crippen LogP contribution is 2.29. The average molecular weight is 437 g/mol. The normalized spacial score (nSPS) is 14.9. The van der Waals surface area contributed by atoms with Crippen LogP contribution in [0.4, 0.5) is 0 Å². The second kappa shape index (κ2) is 9.84. The van der Waals surface area contributed by atoms with Crippen molar-refractivity contribution in [3.63, 3.8) is 0 Å². The summed E-state index contributed by atoms with van der Waals surface area (Å²) in [6, 6.07) is 19.3. The maximum absolute atomic E-state index is 13.5. The number of rotatable bonds is 7. The lowest BCUT2D eigenvalue weighted by Crippen LogP contribution is -2.45. The Kier molecular flexibility index (Phi) is 6.73. The van der Waals surface area contributed by atoms with E-state index in [4.69, 9.17) is 16.0 Å². The number of carbonyl (C=O) groups is 2. The number of furan rings is 1. The van der Waals surface area contributed by atoms with Crippen LogP contribution < -0.4 is 5.32 Å². The molecule has 2 amide bonds. The Labute approximate surface area is 187 Å². The van der Waals surface area contributed by atoms with Crippen LogP contribution >= 0.6 is 11.6 Å². The minimum atomic E-state index is -0.810. The highest BCUT2D eigenvalue weighted by Gasteiger charge is 2.34. The summed E-state index contributed by atoms with van der Waals surface area (Å²) in [4.78, 5) is 28.6. The van der Waals surface area contributed by atoms with E-state index >= 15 is 0 Å². The summed E-state index contributed by atoms with van der Waals surface area (Å²) in [5.41, 5.74) is 1.50. The van der Waals surface area contributed by atoms with Gasteiger partial charge in [-0.25, -0.2) is 0 Å². The molecule has 0 radical (unpaired) electrons. The molecule has 0 aliphatic heterocycles. The lowest BCUT2D eigenvalue weighted by atomic mass is 10.0. The zero-order valence-electron chi connectivity index (χ0n) is 17.2. The smallest absolute Gasteiger partial charge is 0.290 e. The summed E-state index contributed by atoms with van der Waals surface area (Å²) in [5.74, 6) is -0.368. The number of hydrogen-bond donors (Lipinski definition) is 1. The molecule has 1 atom stereocenters. The van der Waals surface area contributed by atoms with Gasteiger partial charge in [0.05, 0.1) is 6.26 Å². The lowest BCUT2D eigenvalue weighted by Gasteiger charge is -2.32. The van der Waals surface area contributed by atoms with Crippen LogP contribution in [0.25, 0.3) is 0 Å². The number of nitrogens with zero attached hydrogens (tertiary/aromatic N) is 1. The Bertz CT molecular complexity index is 1010. The SMILES string of the molecule is O=C(NC1CCCC1)[C@H](c1ccccc1)N(Cc1ccccc1Cl)C(=O)c1ccco1. The van der Waals surface area contributed by atoms with Gasteiger partial charge in [0.15, 0.2) is 5.76 Å². The Hall–Kier alpha value is -3.05. The third-order valence-electron chi connectivity index (χ3n) is 5.67. The maximum atomic E-state index is 13.5. The Morgan fingerprint density at radius 3 is 2.39 bits per heavy atom. The number of hydrogen-bond acceptors (Lipinski definition) is 3. The van der Waals surface area contributed by atoms with Crippen molar-refractivity contribution in [1.29, 1.82) is 0 Å². The number of benzene rings is 2. The van der Waals surface area contributed by atoms with Crippen molar-refractivity contribution in [2.45, 2.75) is 44.3 Å². The van der Waals surface area contributed by atoms with Crippen molar-refractivity contribution in [2.75, 3.05) is 0 Å². The number of nitrogens with one attached hydrogen (secondary N) is 1. The Morgan fingerprint density at radius 2 is 1.71 bits per heavy atom. The van der Waals surface area contributed by atoms with Crippen LogP contribution in [0.1, 0.15) is 53.4 Å². The molecular weight excluding hydrogens is 412 g/mol. The van der Waals surface area contributed by atoms with E-state index in [1.165, 1.54) is 6.26 Å². The molecule has 6 heteroatoms. The maximum Gasteiger partial charge on any atom is 0.290 e. The van der Waals surface area contributed by atoms with E-state index in [-0.39, 0.29) is 30.2 Å². The zero-order chi connectivity index (χ0) is 21.6. The van der Waals surface area contributed by atoms with Crippen LogP contribution in [0, 0.1) is 0 Å². The molecule has 31 heavy (non-hydrogen) atoms. The Morgan fingerprint density at radius 1 is 1.00 bits per heavy atom. The van der Waals surface area contributed by atoms with Gasteiger partial charge in [0.1, 0.15) is 6.04 Å². The third-order valence-corrected chi connectivity index (χ3v) is 6.04. The summed E-state index contributed by atoms with van der Waals surface area (Å²) in [5, 5.41) is 3.71. The molecule has 3 aromatic rings. The van der Waals surface area contributed by atoms with Gasteiger partial charge in [-0.2, -0.15) is 0 Å². The van der Waals surface area contributed by atoms with Gasteiger partial charge in [-0.05, 0) is 42.2 Å². The fourth-order valence-corrected chi connectivity index (χ4v) is 4.29. The van der Waals surface area contributed by atoms with E-state index in [2.05, 4.69) is 5.32 Å². The third kappa shape index (κ3) is 5.00. The highest BCUT2D eigenvalue weighted by molar-refractivity contribution is 6.31. The molecule has 0 unspecified atom stereocenters. The second-order valence-electron chi connectivity index (χ2n) is 7.80. The molecule has 4 rings (SSSR count). The van der Waals surface area contributed by atoms with Crippen LogP contribution in [-0.2, 0) is 11.3 Å². The zero-order valence-corrected chi connectivity index (χ0v) is 17.9. The molecule has 0 saturated heterocycles. The molecule has 1 aliphatic rings. The van der Waals surface area contributed by atoms with Gasteiger partial charge < -0.3 is 14.6 Å². The Balaban J connectivity index is 1.73. The summed E-state index contributed by atoms with van der Waals surface area (Å²) >= 11 is 6.40. The van der Waals surface area contributed by atoms with Crippen molar-refractivity contribution in [1.82, 2.24) is 10.2 Å². The van der Waals surface area contributed by atoms with Crippen molar-refractivity contribution in [2.24, 2.45) is 0 Å². The molecule has 1 saturated carbocycles. The van der Waals surface area contributed by atoms with Gasteiger partial charge in [0.25, 0.3) is 5.91 Å². The van der Waals surface area contributed by atoms with Crippen molar-refractivity contribution in [3.05, 3.63) is 94.9 Å². The largest absolute Gasteiger partial charge is 0.459 e. The van der Waals surface area contributed by atoms with E-state index in [0.29, 0.717) is 5.02 Å². The van der Waals surface area contributed by atoms with E-state index in [1.54, 1.807) is 23.1 Å². The van der Waals surface area contributed by atoms with Gasteiger partial charge in [0.2, 0.25) is 5.91 Å². The lowest BCUT2D eigenvalue weighted by molar-refractivity contribution is -0.126. The molecule has 2 aromatic carbocycles. The second-order valence-corrected chi connectivity index (χ2v) is 8.21. The van der Waals surface area contributed by atoms with E-state index in [9.17, 15) is 9.59 Å². The van der Waals surface area contributed by atoms with E-state index in [1.807, 2.05) is 48.5 Å². The van der Waals surface area contributed by atoms with Gasteiger partial charge in [-0.1, -0.05) is 73.0 Å². The first kappa shape index (κ1) is 21.2. The average Bonchev–Trinajstić information content (AvgIpc) is 3.49. The van der Waals surface area contributed by atoms with Crippen LogP contribution in [0.2, 0.25) is 5.02 Å². The molecule has 1 fully saturated rings. The van der Waals surface area contributed by atoms with Crippen molar-refractivity contribution >= 4 is 23.4 Å². The minimum absolute atomic E-state index is 0.139. The van der Waals surface area contributed by atoms with E-state index in [0.717, 1.165) is 36.8 Å². The summed E-state index contributed by atoms with van der Waals surface area (Å²) in [6.07, 6.45) is 5.59. The summed E-state index contributed by atoms with van der Waals surface area (Å²) < 4.78 is 5.39. The van der Waals surface area contributed by atoms with Crippen molar-refractivity contribution in [3.8, 4) is 0 Å². The minimum Gasteiger partial charge on any atom is -0.459 e. The van der Waals surface area contributed by atoms with Crippen LogP contribution in [0.3, 0.4) is 0 Å². The quantitative estimate of drug-likeness (QED) is 0.541. The molecule has 5 nitrogen and oxygen atoms in total.